The van der Waals surface area contributed by atoms with Crippen LogP contribution in [0.1, 0.15) is 41.5 Å². The summed E-state index contributed by atoms with van der Waals surface area (Å²) in [5, 5.41) is 0.752. The zero-order valence-electron chi connectivity index (χ0n) is 11.7. The van der Waals surface area contributed by atoms with Crippen molar-refractivity contribution < 1.29 is 0 Å². The first-order chi connectivity index (χ1) is 8.42. The van der Waals surface area contributed by atoms with Gasteiger partial charge in [-0.2, -0.15) is 0 Å². The van der Waals surface area contributed by atoms with Crippen LogP contribution in [0.15, 0.2) is 0 Å². The van der Waals surface area contributed by atoms with E-state index >= 15 is 0 Å². The predicted molar refractivity (Wildman–Crippen MR) is 118 cm³/mol. The lowest BCUT2D eigenvalue weighted by molar-refractivity contribution is 0.798. The minimum absolute atomic E-state index is 0.138. The van der Waals surface area contributed by atoms with Gasteiger partial charge in [0, 0.05) is 21.5 Å². The van der Waals surface area contributed by atoms with Crippen LogP contribution in [0.25, 0.3) is 0 Å². The third-order valence-electron chi connectivity index (χ3n) is 3.12. The molecule has 19 heavy (non-hydrogen) atoms. The first kappa shape index (κ1) is 17.2. The van der Waals surface area contributed by atoms with E-state index in [9.17, 15) is 0 Å². The normalized spacial score (nSPS) is 36.9. The van der Waals surface area contributed by atoms with Crippen molar-refractivity contribution in [3.05, 3.63) is 0 Å². The maximum Gasteiger partial charge on any atom is 0.0718 e. The molecule has 110 valence electrons. The van der Waals surface area contributed by atoms with Crippen LogP contribution < -0.4 is 0 Å². The third kappa shape index (κ3) is 2.29. The second-order valence-electron chi connectivity index (χ2n) is 6.64. The van der Waals surface area contributed by atoms with E-state index in [1.54, 1.807) is 0 Å². The molecule has 1 aromatic rings. The molecular weight excluding hydrogens is 442 g/mol. The smallest absolute Gasteiger partial charge is 0.0718 e. The SMILES string of the molecule is CC(C)(C)[P@@]1(=S)Sp2sp3p1p2[P@@](=S)(C(C)(C)C)S3. The van der Waals surface area contributed by atoms with Gasteiger partial charge in [-0.15, -0.1) is 0 Å². The van der Waals surface area contributed by atoms with E-state index in [2.05, 4.69) is 74.1 Å². The van der Waals surface area contributed by atoms with Gasteiger partial charge in [-0.05, 0) is 35.2 Å². The van der Waals surface area contributed by atoms with Crippen LogP contribution in [0, 0.1) is 0 Å². The van der Waals surface area contributed by atoms with Crippen LogP contribution in [-0.2, 0) is 23.6 Å². The predicted octanol–water partition coefficient (Wildman–Crippen LogP) is 9.75. The van der Waals surface area contributed by atoms with E-state index in [1.165, 1.54) is 0 Å². The zero-order valence-corrected chi connectivity index (χ0v) is 21.2. The van der Waals surface area contributed by atoms with Gasteiger partial charge in [0.25, 0.3) is 0 Å². The molecule has 3 rings (SSSR count). The molecule has 2 aliphatic rings. The van der Waals surface area contributed by atoms with E-state index in [-0.39, 0.29) is 24.3 Å². The van der Waals surface area contributed by atoms with Crippen LogP contribution in [-0.4, -0.2) is 10.3 Å². The van der Waals surface area contributed by atoms with E-state index in [4.69, 9.17) is 23.6 Å². The summed E-state index contributed by atoms with van der Waals surface area (Å²) in [5.74, 6) is 0. The molecule has 2 aliphatic heterocycles. The molecule has 6 atom stereocenters. The summed E-state index contributed by atoms with van der Waals surface area (Å²) in [4.78, 5) is -2.39. The zero-order chi connectivity index (χ0) is 14.4. The lowest BCUT2D eigenvalue weighted by atomic mass is 10.3. The Kier molecular flexibility index (Phi) is 4.51. The van der Waals surface area contributed by atoms with Gasteiger partial charge in [0.15, 0.2) is 0 Å². The molecule has 3 heterocycles. The van der Waals surface area contributed by atoms with Crippen molar-refractivity contribution in [2.45, 2.75) is 51.9 Å². The molecule has 0 radical (unpaired) electrons. The van der Waals surface area contributed by atoms with Gasteiger partial charge in [0.05, 0.1) is 9.86 Å². The molecule has 11 heteroatoms. The second-order valence-corrected chi connectivity index (χ2v) is 58.9. The van der Waals surface area contributed by atoms with Crippen LogP contribution >= 0.6 is 66.7 Å². The minimum atomic E-state index is -1.19. The fraction of sp³-hybridized carbons (Fsp3) is 1.00. The molecule has 4 bridgehead atoms. The Bertz CT molecular complexity index is 621. The molecule has 0 spiro atoms. The standard InChI is InChI=1S/C8H18P6S5/c1-7(2,3)13(15)9-10-12(18-13)17-11(9)19-14(10,16)8(4,5)6/h1-6H3/t9?,10?,11?,12?,13-,14-/m1/s1. The van der Waals surface area contributed by atoms with E-state index < -0.39 is 9.86 Å². The highest BCUT2D eigenvalue weighted by atomic mass is 33.7. The molecule has 0 aliphatic carbocycles. The summed E-state index contributed by atoms with van der Waals surface area (Å²) >= 11 is 17.4. The minimum Gasteiger partial charge on any atom is -0.0765 e. The summed E-state index contributed by atoms with van der Waals surface area (Å²) < 4.78 is 0. The number of rotatable bonds is 0. The Morgan fingerprint density at radius 2 is 1.05 bits per heavy atom. The Labute approximate surface area is 141 Å². The van der Waals surface area contributed by atoms with Gasteiger partial charge in [-0.3, -0.25) is 0 Å². The highest BCUT2D eigenvalue weighted by molar-refractivity contribution is 9.44. The monoisotopic (exact) mass is 460 g/mol. The second kappa shape index (κ2) is 4.96. The molecule has 0 fully saturated rings. The highest BCUT2D eigenvalue weighted by Gasteiger charge is 2.56. The Balaban J connectivity index is 2.27. The largest absolute Gasteiger partial charge is 0.0765 e. The molecule has 0 N–H and O–H groups in total. The van der Waals surface area contributed by atoms with Crippen molar-refractivity contribution in [3.8, 4) is 0 Å². The van der Waals surface area contributed by atoms with Gasteiger partial charge in [-0.1, -0.05) is 75.7 Å². The summed E-state index contributed by atoms with van der Waals surface area (Å²) in [6.45, 7) is 14.8. The van der Waals surface area contributed by atoms with Crippen LogP contribution in [0.4, 0.5) is 0 Å². The van der Waals surface area contributed by atoms with Crippen molar-refractivity contribution in [2.75, 3.05) is 0 Å². The average molecular weight is 460 g/mol. The van der Waals surface area contributed by atoms with Gasteiger partial charge in [0.1, 0.15) is 0 Å². The average Bonchev–Trinajstić information content (AvgIpc) is 2.75. The first-order valence-electron chi connectivity index (χ1n) is 5.91. The summed E-state index contributed by atoms with van der Waals surface area (Å²) in [6.07, 6.45) is 0. The number of hydrogen-bond acceptors (Lipinski definition) is 5. The molecule has 4 unspecified atom stereocenters. The van der Waals surface area contributed by atoms with E-state index in [0.29, 0.717) is 10.3 Å². The topological polar surface area (TPSA) is 0 Å². The van der Waals surface area contributed by atoms with Crippen molar-refractivity contribution in [2.24, 2.45) is 0 Å². The fourth-order valence-electron chi connectivity index (χ4n) is 1.79. The third-order valence-corrected chi connectivity index (χ3v) is 117. The van der Waals surface area contributed by atoms with Crippen LogP contribution in [0.3, 0.4) is 0 Å². The lowest BCUT2D eigenvalue weighted by Gasteiger charge is -2.33. The molecule has 0 aromatic carbocycles. The summed E-state index contributed by atoms with van der Waals surface area (Å²) in [7, 11) is 2.38. The Hall–Kier alpha value is 3.42. The summed E-state index contributed by atoms with van der Waals surface area (Å²) in [5.41, 5.74) is 0.277. The van der Waals surface area contributed by atoms with Crippen molar-refractivity contribution in [1.29, 1.82) is 0 Å². The molecule has 0 saturated carbocycles. The highest BCUT2D eigenvalue weighted by Crippen LogP contribution is 3.25. The molecule has 1 aromatic heterocycles. The summed E-state index contributed by atoms with van der Waals surface area (Å²) in [6, 6.07) is 0. The fourth-order valence-corrected chi connectivity index (χ4v) is 230. The van der Waals surface area contributed by atoms with Gasteiger partial charge < -0.3 is 0 Å². The molecular formula is C8H18P6S5. The van der Waals surface area contributed by atoms with E-state index in [1.807, 2.05) is 0 Å². The van der Waals surface area contributed by atoms with Crippen molar-refractivity contribution in [3.63, 3.8) is 0 Å². The lowest BCUT2D eigenvalue weighted by Crippen LogP contribution is -2.08. The Morgan fingerprint density at radius 3 is 1.32 bits per heavy atom. The molecule has 0 saturated heterocycles. The molecule has 0 amide bonds. The quantitative estimate of drug-likeness (QED) is 0.353. The van der Waals surface area contributed by atoms with Crippen molar-refractivity contribution in [1.82, 2.24) is 0 Å². The first-order valence-corrected chi connectivity index (χ1v) is 26.5. The maximum absolute atomic E-state index is 6.37. The van der Waals surface area contributed by atoms with Gasteiger partial charge in [-0.25, -0.2) is 0 Å². The van der Waals surface area contributed by atoms with Crippen LogP contribution in [0.2, 0.25) is 0 Å². The van der Waals surface area contributed by atoms with E-state index in [0.717, 1.165) is 0 Å². The Morgan fingerprint density at radius 1 is 0.737 bits per heavy atom. The van der Waals surface area contributed by atoms with Crippen LogP contribution in [0.5, 0.6) is 0 Å². The van der Waals surface area contributed by atoms with Crippen molar-refractivity contribution >= 4 is 90.4 Å². The molecule has 0 nitrogen and oxygen atoms in total. The van der Waals surface area contributed by atoms with Gasteiger partial charge in [0.2, 0.25) is 0 Å². The maximum atomic E-state index is 6.37. The van der Waals surface area contributed by atoms with Gasteiger partial charge >= 0.3 is 0 Å². The number of hydrogen-bond donors (Lipinski definition) is 0.